The minimum atomic E-state index is -1.19. The van der Waals surface area contributed by atoms with Gasteiger partial charge in [0.2, 0.25) is 23.6 Å². The lowest BCUT2D eigenvalue weighted by Gasteiger charge is -2.35. The van der Waals surface area contributed by atoms with Gasteiger partial charge in [-0.15, -0.1) is 0 Å². The van der Waals surface area contributed by atoms with Gasteiger partial charge < -0.3 is 55.7 Å². The van der Waals surface area contributed by atoms with Crippen molar-refractivity contribution in [2.45, 2.75) is 104 Å². The van der Waals surface area contributed by atoms with E-state index in [0.29, 0.717) is 24.5 Å². The molecule has 5 rings (SSSR count). The minimum Gasteiger partial charge on any atom is -0.453 e. The molecule has 64 heavy (non-hydrogen) atoms. The molecule has 2 aliphatic heterocycles. The third kappa shape index (κ3) is 12.0. The Balaban J connectivity index is 1.26. The number of hydrogen-bond acceptors (Lipinski definition) is 11. The van der Waals surface area contributed by atoms with Crippen LogP contribution >= 0.6 is 0 Å². The summed E-state index contributed by atoms with van der Waals surface area (Å²) >= 11 is 0. The number of hydrogen-bond donors (Lipinski definition) is 6. The van der Waals surface area contributed by atoms with Crippen molar-refractivity contribution in [3.63, 3.8) is 0 Å². The van der Waals surface area contributed by atoms with E-state index >= 15 is 0 Å². The molecular formula is C46H60FN7O10. The van der Waals surface area contributed by atoms with Gasteiger partial charge in [-0.3, -0.25) is 19.2 Å². The van der Waals surface area contributed by atoms with E-state index in [-0.39, 0.29) is 25.9 Å². The van der Waals surface area contributed by atoms with Gasteiger partial charge in [-0.05, 0) is 83.3 Å². The van der Waals surface area contributed by atoms with Crippen molar-refractivity contribution < 1.29 is 52.8 Å². The monoisotopic (exact) mass is 889 g/mol. The lowest BCUT2D eigenvalue weighted by molar-refractivity contribution is -0.142. The van der Waals surface area contributed by atoms with Gasteiger partial charge >= 0.3 is 12.2 Å². The Labute approximate surface area is 372 Å². The standard InChI is InChI=1S/C46H60FN7O10/c1-45(2,3)37(50-43(61)63-7)41(59)53-23-21-33(55)35(53)39(57)48-30-15-9-27(10-16-30)25-52(32-19-13-29(47)14-20-32)26-28-11-17-31(18-12-28)49-40(58)36-34(56)22-24-54(36)42(60)38(46(4,5)6)51-44(62)64-8/h9-20,33-38,55-56H,21-26H2,1-8H3,(H,48,57)(H,49,58)(H,50,61)(H,51,62)/t33-,34?,35-,36?,37+,38+/m0/s1. The highest BCUT2D eigenvalue weighted by molar-refractivity contribution is 6.00. The van der Waals surface area contributed by atoms with Crippen LogP contribution in [0.2, 0.25) is 0 Å². The molecule has 18 heteroatoms. The number of ether oxygens (including phenoxy) is 2. The summed E-state index contributed by atoms with van der Waals surface area (Å²) in [4.78, 5) is 83.3. The summed E-state index contributed by atoms with van der Waals surface area (Å²) < 4.78 is 23.4. The van der Waals surface area contributed by atoms with Gasteiger partial charge in [-0.2, -0.15) is 0 Å². The van der Waals surface area contributed by atoms with Crippen LogP contribution in [0.5, 0.6) is 0 Å². The number of amides is 6. The molecular weight excluding hydrogens is 830 g/mol. The smallest absolute Gasteiger partial charge is 0.407 e. The Hall–Kier alpha value is -6.27. The van der Waals surface area contributed by atoms with Gasteiger partial charge in [-0.1, -0.05) is 65.8 Å². The summed E-state index contributed by atoms with van der Waals surface area (Å²) in [5, 5.41) is 32.4. The summed E-state index contributed by atoms with van der Waals surface area (Å²) in [6.45, 7) is 11.6. The van der Waals surface area contributed by atoms with Gasteiger partial charge in [0.15, 0.2) is 0 Å². The van der Waals surface area contributed by atoms with Crippen LogP contribution in [0.15, 0.2) is 72.8 Å². The van der Waals surface area contributed by atoms with E-state index in [1.807, 2.05) is 29.2 Å². The predicted octanol–water partition coefficient (Wildman–Crippen LogP) is 4.37. The lowest BCUT2D eigenvalue weighted by Crippen LogP contribution is -2.58. The zero-order valence-electron chi connectivity index (χ0n) is 37.5. The van der Waals surface area contributed by atoms with Crippen molar-refractivity contribution in [2.24, 2.45) is 10.8 Å². The highest BCUT2D eigenvalue weighted by atomic mass is 19.1. The first kappa shape index (κ1) is 48.8. The zero-order chi connectivity index (χ0) is 47.1. The number of rotatable bonds is 13. The second kappa shape index (κ2) is 20.5. The second-order valence-corrected chi connectivity index (χ2v) is 18.2. The van der Waals surface area contributed by atoms with Gasteiger partial charge in [-0.25, -0.2) is 14.0 Å². The van der Waals surface area contributed by atoms with Crippen molar-refractivity contribution in [2.75, 3.05) is 42.8 Å². The molecule has 2 unspecified atom stereocenters. The number of benzene rings is 3. The maximum atomic E-state index is 14.0. The Bertz CT molecular complexity index is 2010. The molecule has 3 aromatic rings. The van der Waals surface area contributed by atoms with Crippen molar-refractivity contribution in [3.05, 3.63) is 89.7 Å². The number of nitrogens with one attached hydrogen (secondary N) is 4. The quantitative estimate of drug-likeness (QED) is 0.142. The van der Waals surface area contributed by atoms with Crippen LogP contribution in [-0.2, 0) is 41.7 Å². The predicted molar refractivity (Wildman–Crippen MR) is 236 cm³/mol. The molecule has 2 saturated heterocycles. The molecule has 2 fully saturated rings. The fourth-order valence-electron chi connectivity index (χ4n) is 7.81. The number of methoxy groups -OCH3 is 2. The van der Waals surface area contributed by atoms with E-state index in [1.54, 1.807) is 77.9 Å². The number of likely N-dealkylation sites (tertiary alicyclic amines) is 2. The second-order valence-electron chi connectivity index (χ2n) is 18.2. The van der Waals surface area contributed by atoms with Gasteiger partial charge in [0, 0.05) is 43.2 Å². The molecule has 3 aromatic carbocycles. The lowest BCUT2D eigenvalue weighted by atomic mass is 9.85. The fraction of sp³-hybridized carbons (Fsp3) is 0.478. The highest BCUT2D eigenvalue weighted by Crippen LogP contribution is 2.30. The molecule has 346 valence electrons. The van der Waals surface area contributed by atoms with Crippen LogP contribution in [0.1, 0.15) is 65.5 Å². The normalized spacial score (nSPS) is 19.5. The minimum absolute atomic E-state index is 0.117. The SMILES string of the molecule is COC(=O)N[C@H](C(=O)N1CCC(O)C1C(=O)Nc1ccc(CN(Cc2ccc(NC(=O)[C@@H]3[C@@H](O)CCN3C(=O)[C@@H](NC(=O)OC)C(C)(C)C)cc2)c2ccc(F)cc2)cc1)C(C)(C)C. The number of aliphatic hydroxyl groups is 2. The zero-order valence-corrected chi connectivity index (χ0v) is 37.5. The molecule has 6 atom stereocenters. The molecule has 0 spiro atoms. The average molecular weight is 890 g/mol. The Kier molecular flexibility index (Phi) is 15.6. The summed E-state index contributed by atoms with van der Waals surface area (Å²) in [7, 11) is 2.38. The van der Waals surface area contributed by atoms with E-state index in [4.69, 9.17) is 9.47 Å². The van der Waals surface area contributed by atoms with Crippen LogP contribution in [-0.4, -0.2) is 120 Å². The molecule has 0 bridgehead atoms. The Morgan fingerprint density at radius 1 is 0.641 bits per heavy atom. The molecule has 0 aliphatic carbocycles. The fourth-order valence-corrected chi connectivity index (χ4v) is 7.81. The van der Waals surface area contributed by atoms with E-state index in [0.717, 1.165) is 16.8 Å². The van der Waals surface area contributed by atoms with E-state index in [1.165, 1.54) is 36.2 Å². The van der Waals surface area contributed by atoms with Crippen molar-refractivity contribution in [1.82, 2.24) is 20.4 Å². The maximum Gasteiger partial charge on any atom is 0.407 e. The molecule has 17 nitrogen and oxygen atoms in total. The molecule has 6 N–H and O–H groups in total. The number of alkyl carbamates (subject to hydrolysis) is 2. The first-order valence-electron chi connectivity index (χ1n) is 21.1. The van der Waals surface area contributed by atoms with Crippen molar-refractivity contribution >= 4 is 52.9 Å². The number of aliphatic hydroxyl groups excluding tert-OH is 2. The number of carbonyl (C=O) groups is 6. The summed E-state index contributed by atoms with van der Waals surface area (Å²) in [6, 6.07) is 15.7. The largest absolute Gasteiger partial charge is 0.453 e. The third-order valence-electron chi connectivity index (χ3n) is 11.3. The summed E-state index contributed by atoms with van der Waals surface area (Å²) in [5.74, 6) is -2.60. The first-order valence-corrected chi connectivity index (χ1v) is 21.1. The molecule has 6 amide bonds. The molecule has 0 saturated carbocycles. The molecule has 2 aliphatic rings. The van der Waals surface area contributed by atoms with Crippen LogP contribution in [0.4, 0.5) is 31.0 Å². The Morgan fingerprint density at radius 2 is 1.00 bits per heavy atom. The van der Waals surface area contributed by atoms with E-state index in [2.05, 4.69) is 21.3 Å². The maximum absolute atomic E-state index is 14.0. The molecule has 0 aromatic heterocycles. The number of halogens is 1. The van der Waals surface area contributed by atoms with Crippen LogP contribution in [0, 0.1) is 16.6 Å². The van der Waals surface area contributed by atoms with Crippen molar-refractivity contribution in [3.8, 4) is 0 Å². The number of carbonyl (C=O) groups excluding carboxylic acids is 6. The molecule has 0 radical (unpaired) electrons. The topological polar surface area (TPSA) is 219 Å². The third-order valence-corrected chi connectivity index (χ3v) is 11.3. The Morgan fingerprint density at radius 3 is 1.33 bits per heavy atom. The molecule has 2 heterocycles. The number of nitrogens with zero attached hydrogens (tertiary/aromatic N) is 3. The van der Waals surface area contributed by atoms with E-state index < -0.39 is 88.8 Å². The summed E-state index contributed by atoms with van der Waals surface area (Å²) in [5.41, 5.74) is 1.81. The van der Waals surface area contributed by atoms with Gasteiger partial charge in [0.05, 0.1) is 26.4 Å². The van der Waals surface area contributed by atoms with Crippen molar-refractivity contribution in [1.29, 1.82) is 0 Å². The highest BCUT2D eigenvalue weighted by Gasteiger charge is 2.47. The average Bonchev–Trinajstić information content (AvgIpc) is 3.83. The van der Waals surface area contributed by atoms with Crippen LogP contribution in [0.3, 0.4) is 0 Å². The first-order chi connectivity index (χ1) is 30.1. The van der Waals surface area contributed by atoms with Gasteiger partial charge in [0.25, 0.3) is 0 Å². The summed E-state index contributed by atoms with van der Waals surface area (Å²) in [6.07, 6.45) is -3.47. The van der Waals surface area contributed by atoms with Gasteiger partial charge in [0.1, 0.15) is 30.0 Å². The van der Waals surface area contributed by atoms with Crippen LogP contribution < -0.4 is 26.2 Å². The van der Waals surface area contributed by atoms with Crippen LogP contribution in [0.25, 0.3) is 0 Å². The van der Waals surface area contributed by atoms with E-state index in [9.17, 15) is 43.4 Å². The number of anilines is 3.